The molecule has 0 unspecified atom stereocenters. The van der Waals surface area contributed by atoms with Gasteiger partial charge >= 0.3 is 12.1 Å². The highest BCUT2D eigenvalue weighted by Gasteiger charge is 2.41. The summed E-state index contributed by atoms with van der Waals surface area (Å²) in [5.74, 6) is -0.948. The van der Waals surface area contributed by atoms with Crippen molar-refractivity contribution in [1.29, 1.82) is 0 Å². The molecular weight excluding hydrogens is 620 g/mol. The van der Waals surface area contributed by atoms with E-state index in [4.69, 9.17) is 9.47 Å². The Bertz CT molecular complexity index is 1700. The van der Waals surface area contributed by atoms with Crippen molar-refractivity contribution < 1.29 is 23.9 Å². The molecule has 2 amide bonds. The summed E-state index contributed by atoms with van der Waals surface area (Å²) in [5, 5.41) is 18.5. The number of methoxy groups -OCH3 is 1. The van der Waals surface area contributed by atoms with E-state index in [1.165, 1.54) is 7.11 Å². The molecule has 0 saturated carbocycles. The van der Waals surface area contributed by atoms with Crippen LogP contribution in [0.2, 0.25) is 0 Å². The molecule has 2 atom stereocenters. The van der Waals surface area contributed by atoms with Crippen LogP contribution in [0.3, 0.4) is 0 Å². The van der Waals surface area contributed by atoms with Crippen LogP contribution < -0.4 is 10.6 Å². The molecular formula is C38H40N6O5. The van der Waals surface area contributed by atoms with E-state index in [0.717, 1.165) is 22.3 Å². The zero-order valence-corrected chi connectivity index (χ0v) is 27.7. The van der Waals surface area contributed by atoms with Gasteiger partial charge in [0.25, 0.3) is 0 Å². The summed E-state index contributed by atoms with van der Waals surface area (Å²) in [4.78, 5) is 39.3. The van der Waals surface area contributed by atoms with E-state index in [1.807, 2.05) is 121 Å². The number of tetrazole rings is 1. The third kappa shape index (κ3) is 8.01. The van der Waals surface area contributed by atoms with Crippen molar-refractivity contribution in [2.45, 2.75) is 50.9 Å². The molecule has 49 heavy (non-hydrogen) atoms. The first kappa shape index (κ1) is 34.5. The molecule has 2 N–H and O–H groups in total. The Hall–Kier alpha value is -5.84. The second-order valence-electron chi connectivity index (χ2n) is 11.9. The maximum Gasteiger partial charge on any atom is 0.408 e. The van der Waals surface area contributed by atoms with Gasteiger partial charge in [-0.15, -0.1) is 5.10 Å². The lowest BCUT2D eigenvalue weighted by atomic mass is 9.77. The molecule has 5 aromatic rings. The molecule has 5 rings (SSSR count). The number of rotatable bonds is 14. The standard InChI is InChI=1S/C38H40N6O5/c1-27(2)34(36(46)48-3)40-35(45)32(39-37(47)49-26-28-16-8-4-9-17-28)24-25-33-41-42-43-44(33)38(29-18-10-5-11-19-29,30-20-12-6-13-21-30)31-22-14-7-15-23-31/h4-23,27,32,34H,24-26H2,1-3H3,(H,39,47)(H,40,45)/t32-,34-/m0/s1. The summed E-state index contributed by atoms with van der Waals surface area (Å²) in [6, 6.07) is 37.1. The van der Waals surface area contributed by atoms with E-state index in [-0.39, 0.29) is 25.4 Å². The third-order valence-corrected chi connectivity index (χ3v) is 8.32. The largest absolute Gasteiger partial charge is 0.467 e. The maximum absolute atomic E-state index is 13.7. The van der Waals surface area contributed by atoms with E-state index < -0.39 is 35.6 Å². The van der Waals surface area contributed by atoms with Crippen LogP contribution in [0.25, 0.3) is 0 Å². The normalized spacial score (nSPS) is 12.5. The van der Waals surface area contributed by atoms with Crippen LogP contribution in [-0.2, 0) is 37.6 Å². The van der Waals surface area contributed by atoms with Gasteiger partial charge in [-0.3, -0.25) is 4.79 Å². The molecule has 0 spiro atoms. The predicted molar refractivity (Wildman–Crippen MR) is 183 cm³/mol. The van der Waals surface area contributed by atoms with E-state index in [2.05, 4.69) is 26.2 Å². The summed E-state index contributed by atoms with van der Waals surface area (Å²) in [7, 11) is 1.26. The molecule has 252 valence electrons. The number of esters is 1. The minimum atomic E-state index is -1.10. The fourth-order valence-corrected chi connectivity index (χ4v) is 5.85. The number of amides is 2. The van der Waals surface area contributed by atoms with Crippen molar-refractivity contribution in [3.8, 4) is 0 Å². The second-order valence-corrected chi connectivity index (χ2v) is 11.9. The van der Waals surface area contributed by atoms with E-state index in [0.29, 0.717) is 5.82 Å². The van der Waals surface area contributed by atoms with Gasteiger partial charge in [0.05, 0.1) is 7.11 Å². The number of hydrogen-bond donors (Lipinski definition) is 2. The van der Waals surface area contributed by atoms with E-state index >= 15 is 0 Å². The first-order chi connectivity index (χ1) is 23.8. The van der Waals surface area contributed by atoms with Crippen LogP contribution in [0.5, 0.6) is 0 Å². The summed E-state index contributed by atoms with van der Waals surface area (Å²) in [6.07, 6.45) is -0.509. The summed E-state index contributed by atoms with van der Waals surface area (Å²) in [6.45, 7) is 3.61. The molecule has 0 fully saturated rings. The highest BCUT2D eigenvalue weighted by atomic mass is 16.5. The van der Waals surface area contributed by atoms with Gasteiger partial charge in [-0.05, 0) is 45.0 Å². The molecule has 0 aliphatic heterocycles. The fraction of sp³-hybridized carbons (Fsp3) is 0.263. The number of aromatic nitrogens is 4. The first-order valence-electron chi connectivity index (χ1n) is 16.1. The Morgan fingerprint density at radius 2 is 1.27 bits per heavy atom. The Balaban J connectivity index is 1.50. The van der Waals surface area contributed by atoms with Gasteiger partial charge in [0, 0.05) is 6.42 Å². The van der Waals surface area contributed by atoms with Crippen molar-refractivity contribution in [2.75, 3.05) is 7.11 Å². The van der Waals surface area contributed by atoms with Crippen LogP contribution in [0.15, 0.2) is 121 Å². The number of aryl methyl sites for hydroxylation is 1. The molecule has 0 saturated heterocycles. The molecule has 1 aromatic heterocycles. The smallest absolute Gasteiger partial charge is 0.408 e. The average Bonchev–Trinajstić information content (AvgIpc) is 3.61. The van der Waals surface area contributed by atoms with Crippen molar-refractivity contribution in [3.05, 3.63) is 149 Å². The molecule has 4 aromatic carbocycles. The van der Waals surface area contributed by atoms with Gasteiger partial charge in [0.15, 0.2) is 5.82 Å². The van der Waals surface area contributed by atoms with Crippen LogP contribution in [0.1, 0.15) is 48.3 Å². The number of nitrogens with one attached hydrogen (secondary N) is 2. The summed E-state index contributed by atoms with van der Waals surface area (Å²) in [5.41, 5.74) is 2.60. The van der Waals surface area contributed by atoms with Gasteiger partial charge in [-0.2, -0.15) is 0 Å². The molecule has 0 aliphatic rings. The number of hydrogen-bond acceptors (Lipinski definition) is 8. The van der Waals surface area contributed by atoms with E-state index in [1.54, 1.807) is 18.5 Å². The monoisotopic (exact) mass is 660 g/mol. The van der Waals surface area contributed by atoms with Gasteiger partial charge in [-0.1, -0.05) is 135 Å². The van der Waals surface area contributed by atoms with Crippen molar-refractivity contribution in [2.24, 2.45) is 5.92 Å². The van der Waals surface area contributed by atoms with Gasteiger partial charge in [0.1, 0.15) is 24.2 Å². The number of carbonyl (C=O) groups excluding carboxylic acids is 3. The Morgan fingerprint density at radius 1 is 0.755 bits per heavy atom. The topological polar surface area (TPSA) is 137 Å². The van der Waals surface area contributed by atoms with Crippen molar-refractivity contribution in [3.63, 3.8) is 0 Å². The average molecular weight is 661 g/mol. The summed E-state index contributed by atoms with van der Waals surface area (Å²) < 4.78 is 12.2. The number of alkyl carbamates (subject to hydrolysis) is 1. The SMILES string of the molecule is COC(=O)[C@@H](NC(=O)[C@H](CCc1nnnn1C(c1ccccc1)(c1ccccc1)c1ccccc1)NC(=O)OCc1ccccc1)C(C)C. The van der Waals surface area contributed by atoms with Crippen LogP contribution >= 0.6 is 0 Å². The predicted octanol–water partition coefficient (Wildman–Crippen LogP) is 5.05. The zero-order chi connectivity index (χ0) is 34.6. The molecule has 0 aliphatic carbocycles. The lowest BCUT2D eigenvalue weighted by Crippen LogP contribution is -2.53. The number of nitrogens with zero attached hydrogens (tertiary/aromatic N) is 4. The third-order valence-electron chi connectivity index (χ3n) is 8.32. The van der Waals surface area contributed by atoms with Gasteiger partial charge < -0.3 is 20.1 Å². The van der Waals surface area contributed by atoms with Crippen LogP contribution in [0.4, 0.5) is 4.79 Å². The van der Waals surface area contributed by atoms with Gasteiger partial charge in [0.2, 0.25) is 5.91 Å². The molecule has 11 heteroatoms. The Labute approximate surface area is 285 Å². The molecule has 0 bridgehead atoms. The fourth-order valence-electron chi connectivity index (χ4n) is 5.85. The Kier molecular flexibility index (Phi) is 11.5. The molecule has 1 heterocycles. The Morgan fingerprint density at radius 3 is 1.76 bits per heavy atom. The van der Waals surface area contributed by atoms with Crippen molar-refractivity contribution >= 4 is 18.0 Å². The van der Waals surface area contributed by atoms with Gasteiger partial charge in [-0.25, -0.2) is 14.3 Å². The molecule has 0 radical (unpaired) electrons. The van der Waals surface area contributed by atoms with Crippen LogP contribution in [-0.4, -0.2) is 57.4 Å². The zero-order valence-electron chi connectivity index (χ0n) is 27.7. The second kappa shape index (κ2) is 16.3. The van der Waals surface area contributed by atoms with Crippen molar-refractivity contribution in [1.82, 2.24) is 30.8 Å². The minimum Gasteiger partial charge on any atom is -0.467 e. The highest BCUT2D eigenvalue weighted by molar-refractivity contribution is 5.89. The number of carbonyl (C=O) groups is 3. The van der Waals surface area contributed by atoms with E-state index in [9.17, 15) is 14.4 Å². The number of benzene rings is 4. The lowest BCUT2D eigenvalue weighted by Gasteiger charge is -2.36. The molecule has 11 nitrogen and oxygen atoms in total. The quantitative estimate of drug-likeness (QED) is 0.125. The lowest BCUT2D eigenvalue weighted by molar-refractivity contribution is -0.146. The minimum absolute atomic E-state index is 0.0176. The van der Waals surface area contributed by atoms with Crippen LogP contribution in [0, 0.1) is 5.92 Å². The maximum atomic E-state index is 13.7. The first-order valence-corrected chi connectivity index (χ1v) is 16.1. The summed E-state index contributed by atoms with van der Waals surface area (Å²) >= 11 is 0. The number of ether oxygens (including phenoxy) is 2. The highest BCUT2D eigenvalue weighted by Crippen LogP contribution is 2.40.